The zero-order valence-electron chi connectivity index (χ0n) is 22.6. The molecule has 1 aliphatic heterocycles. The average molecular weight is 557 g/mol. The Balaban J connectivity index is 1.35. The van der Waals surface area contributed by atoms with Crippen LogP contribution in [0.1, 0.15) is 34.6 Å². The van der Waals surface area contributed by atoms with Gasteiger partial charge in [0, 0.05) is 51.0 Å². The molecule has 39 heavy (non-hydrogen) atoms. The summed E-state index contributed by atoms with van der Waals surface area (Å²) < 4.78 is 50.4. The van der Waals surface area contributed by atoms with Crippen LogP contribution in [0.15, 0.2) is 30.6 Å². The minimum Gasteiger partial charge on any atom is -0.359 e. The van der Waals surface area contributed by atoms with Crippen molar-refractivity contribution < 1.29 is 22.7 Å². The number of aromatic nitrogens is 5. The Morgan fingerprint density at radius 1 is 1.13 bits per heavy atom. The molecule has 12 heteroatoms. The summed E-state index contributed by atoms with van der Waals surface area (Å²) >= 11 is 0. The van der Waals surface area contributed by atoms with Crippen LogP contribution in [0.3, 0.4) is 0 Å². The van der Waals surface area contributed by atoms with E-state index in [1.54, 1.807) is 35.1 Å². The summed E-state index contributed by atoms with van der Waals surface area (Å²) in [5.74, 6) is -4.23. The summed E-state index contributed by atoms with van der Waals surface area (Å²) in [6.45, 7) is 10.1. The van der Waals surface area contributed by atoms with Gasteiger partial charge in [0.05, 0.1) is 29.2 Å². The lowest BCUT2D eigenvalue weighted by atomic mass is 9.95. The number of hydrogen-bond acceptors (Lipinski definition) is 5. The van der Waals surface area contributed by atoms with Gasteiger partial charge in [-0.2, -0.15) is 10.2 Å². The number of hydrogen-bond donors (Lipinski definition) is 0. The molecule has 1 aliphatic rings. The first-order chi connectivity index (χ1) is 18.4. The standard InChI is InChI=1S/C27H31F3N6O2Si/c1-16-24-20(25(34(2)33-24)17-11-21(28)23(30)22(29)12-17)6-7-35(16)27(37)19-10-18-14-32-36(26(18)31-13-19)15-38-8-9-39(3,4)5/h10-14,16H,6-9,15H2,1-5H3/t16-/m0/s1. The highest BCUT2D eigenvalue weighted by Crippen LogP contribution is 2.37. The van der Waals surface area contributed by atoms with E-state index in [9.17, 15) is 18.0 Å². The number of pyridine rings is 1. The first-order valence-electron chi connectivity index (χ1n) is 12.9. The Labute approximate surface area is 225 Å². The second-order valence-corrected chi connectivity index (χ2v) is 16.8. The zero-order valence-corrected chi connectivity index (χ0v) is 23.6. The van der Waals surface area contributed by atoms with Gasteiger partial charge < -0.3 is 9.64 Å². The van der Waals surface area contributed by atoms with Crippen molar-refractivity contribution in [2.24, 2.45) is 7.05 Å². The summed E-state index contributed by atoms with van der Waals surface area (Å²) in [6.07, 6.45) is 3.64. The van der Waals surface area contributed by atoms with E-state index < -0.39 is 31.6 Å². The van der Waals surface area contributed by atoms with Crippen LogP contribution in [-0.2, 0) is 24.9 Å². The number of rotatable bonds is 7. The molecule has 0 spiro atoms. The number of ether oxygens (including phenoxy) is 1. The number of nitrogens with zero attached hydrogens (tertiary/aromatic N) is 6. The third kappa shape index (κ3) is 5.22. The third-order valence-corrected chi connectivity index (χ3v) is 8.80. The maximum absolute atomic E-state index is 13.9. The van der Waals surface area contributed by atoms with Crippen LogP contribution in [0.4, 0.5) is 13.2 Å². The number of carbonyl (C=O) groups excluding carboxylic acids is 1. The second kappa shape index (κ2) is 10.2. The van der Waals surface area contributed by atoms with Crippen LogP contribution < -0.4 is 0 Å². The number of aryl methyl sites for hydroxylation is 1. The largest absolute Gasteiger partial charge is 0.359 e. The second-order valence-electron chi connectivity index (χ2n) is 11.1. The molecule has 0 saturated carbocycles. The summed E-state index contributed by atoms with van der Waals surface area (Å²) in [4.78, 5) is 19.7. The van der Waals surface area contributed by atoms with Gasteiger partial charge in [0.15, 0.2) is 23.1 Å². The van der Waals surface area contributed by atoms with E-state index >= 15 is 0 Å². The normalized spacial score (nSPS) is 15.7. The molecule has 4 heterocycles. The minimum atomic E-state index is -1.51. The average Bonchev–Trinajstić information content (AvgIpc) is 3.44. The number of benzene rings is 1. The topological polar surface area (TPSA) is 78.1 Å². The van der Waals surface area contributed by atoms with Crippen LogP contribution >= 0.6 is 0 Å². The molecule has 206 valence electrons. The van der Waals surface area contributed by atoms with Crippen LogP contribution in [0.5, 0.6) is 0 Å². The number of amides is 1. The Bertz CT molecular complexity index is 1540. The Hall–Kier alpha value is -3.51. The highest BCUT2D eigenvalue weighted by molar-refractivity contribution is 6.76. The van der Waals surface area contributed by atoms with Gasteiger partial charge in [-0.3, -0.25) is 9.48 Å². The molecular weight excluding hydrogens is 525 g/mol. The first-order valence-corrected chi connectivity index (χ1v) is 16.6. The maximum atomic E-state index is 13.9. The van der Waals surface area contributed by atoms with Crippen LogP contribution in [0.2, 0.25) is 25.7 Å². The molecule has 3 aromatic heterocycles. The Morgan fingerprint density at radius 3 is 2.54 bits per heavy atom. The fourth-order valence-electron chi connectivity index (χ4n) is 4.95. The van der Waals surface area contributed by atoms with Crippen molar-refractivity contribution in [2.45, 2.75) is 51.8 Å². The number of halogens is 3. The van der Waals surface area contributed by atoms with E-state index in [1.807, 2.05) is 6.92 Å². The van der Waals surface area contributed by atoms with E-state index in [-0.39, 0.29) is 11.5 Å². The van der Waals surface area contributed by atoms with Gasteiger partial charge in [0.1, 0.15) is 6.73 Å². The molecule has 1 amide bonds. The number of carbonyl (C=O) groups is 1. The fourth-order valence-corrected chi connectivity index (χ4v) is 5.71. The van der Waals surface area contributed by atoms with E-state index in [0.717, 1.165) is 29.1 Å². The van der Waals surface area contributed by atoms with E-state index in [2.05, 4.69) is 34.8 Å². The fraction of sp³-hybridized carbons (Fsp3) is 0.407. The van der Waals surface area contributed by atoms with Gasteiger partial charge in [-0.1, -0.05) is 19.6 Å². The van der Waals surface area contributed by atoms with Crippen molar-refractivity contribution in [3.63, 3.8) is 0 Å². The molecule has 0 radical (unpaired) electrons. The Morgan fingerprint density at radius 2 is 1.85 bits per heavy atom. The molecule has 4 aromatic rings. The maximum Gasteiger partial charge on any atom is 0.256 e. The van der Waals surface area contributed by atoms with Crippen molar-refractivity contribution in [1.29, 1.82) is 0 Å². The smallest absolute Gasteiger partial charge is 0.256 e. The summed E-state index contributed by atoms with van der Waals surface area (Å²) in [6, 6.07) is 4.37. The predicted octanol–water partition coefficient (Wildman–Crippen LogP) is 5.32. The van der Waals surface area contributed by atoms with Gasteiger partial charge in [0.25, 0.3) is 5.91 Å². The SMILES string of the molecule is C[C@H]1c2nn(C)c(-c3cc(F)c(F)c(F)c3)c2CCN1C(=O)c1cnc2c(cnn2COCC[Si](C)(C)C)c1. The molecule has 0 unspecified atom stereocenters. The lowest BCUT2D eigenvalue weighted by Crippen LogP contribution is -2.39. The minimum absolute atomic E-state index is 0.200. The van der Waals surface area contributed by atoms with E-state index in [1.165, 1.54) is 4.68 Å². The molecular formula is C27H31F3N6O2Si. The van der Waals surface area contributed by atoms with E-state index in [4.69, 9.17) is 4.74 Å². The van der Waals surface area contributed by atoms with Crippen molar-refractivity contribution in [3.8, 4) is 11.3 Å². The van der Waals surface area contributed by atoms with Crippen molar-refractivity contribution >= 4 is 25.0 Å². The molecule has 0 fully saturated rings. The third-order valence-electron chi connectivity index (χ3n) is 7.09. The van der Waals surface area contributed by atoms with Crippen LogP contribution in [0.25, 0.3) is 22.3 Å². The number of fused-ring (bicyclic) bond motifs is 2. The molecule has 0 saturated heterocycles. The first kappa shape index (κ1) is 27.1. The zero-order chi connectivity index (χ0) is 28.1. The molecule has 1 atom stereocenters. The molecule has 0 aliphatic carbocycles. The summed E-state index contributed by atoms with van der Waals surface area (Å²) in [5.41, 5.74) is 3.19. The van der Waals surface area contributed by atoms with Gasteiger partial charge in [-0.15, -0.1) is 0 Å². The molecule has 0 bridgehead atoms. The van der Waals surface area contributed by atoms with Crippen molar-refractivity contribution in [1.82, 2.24) is 29.4 Å². The lowest BCUT2D eigenvalue weighted by molar-refractivity contribution is 0.0673. The quantitative estimate of drug-likeness (QED) is 0.175. The van der Waals surface area contributed by atoms with Crippen molar-refractivity contribution in [3.05, 3.63) is 64.9 Å². The van der Waals surface area contributed by atoms with Gasteiger partial charge in [-0.05, 0) is 37.6 Å². The molecule has 1 aromatic carbocycles. The van der Waals surface area contributed by atoms with Gasteiger partial charge >= 0.3 is 0 Å². The van der Waals surface area contributed by atoms with Crippen molar-refractivity contribution in [2.75, 3.05) is 13.2 Å². The van der Waals surface area contributed by atoms with Gasteiger partial charge in [0.2, 0.25) is 0 Å². The lowest BCUT2D eigenvalue weighted by Gasteiger charge is -2.33. The summed E-state index contributed by atoms with van der Waals surface area (Å²) in [7, 11) is 0.477. The molecule has 0 N–H and O–H groups in total. The predicted molar refractivity (Wildman–Crippen MR) is 143 cm³/mol. The molecule has 8 nitrogen and oxygen atoms in total. The van der Waals surface area contributed by atoms with Crippen LogP contribution in [-0.4, -0.2) is 56.6 Å². The van der Waals surface area contributed by atoms with Crippen LogP contribution in [0, 0.1) is 17.5 Å². The monoisotopic (exact) mass is 556 g/mol. The summed E-state index contributed by atoms with van der Waals surface area (Å²) in [5, 5.41) is 9.67. The van der Waals surface area contributed by atoms with E-state index in [0.29, 0.717) is 48.9 Å². The Kier molecular flexibility index (Phi) is 7.10. The van der Waals surface area contributed by atoms with Gasteiger partial charge in [-0.25, -0.2) is 22.8 Å². The highest BCUT2D eigenvalue weighted by Gasteiger charge is 2.34. The molecule has 5 rings (SSSR count). The highest BCUT2D eigenvalue weighted by atomic mass is 28.3.